The van der Waals surface area contributed by atoms with Crippen LogP contribution in [0.25, 0.3) is 0 Å². The first-order valence-electron chi connectivity index (χ1n) is 4.72. The second kappa shape index (κ2) is 4.09. The first-order valence-corrected chi connectivity index (χ1v) is 6.09. The van der Waals surface area contributed by atoms with Crippen LogP contribution in [0.15, 0.2) is 18.5 Å². The monoisotopic (exact) mass is 228 g/mol. The molecule has 4 heteroatoms. The highest BCUT2D eigenvalue weighted by Crippen LogP contribution is 2.47. The lowest BCUT2D eigenvalue weighted by atomic mass is 9.95. The average Bonchev–Trinajstić information content (AvgIpc) is 2.68. The average molecular weight is 229 g/mol. The van der Waals surface area contributed by atoms with Crippen molar-refractivity contribution < 1.29 is 0 Å². The fourth-order valence-corrected chi connectivity index (χ4v) is 3.70. The molecule has 1 fully saturated rings. The molecule has 0 aromatic carbocycles. The van der Waals surface area contributed by atoms with Gasteiger partial charge in [-0.1, -0.05) is 11.6 Å². The van der Waals surface area contributed by atoms with Crippen LogP contribution in [0.2, 0.25) is 5.02 Å². The molecule has 2 rings (SSSR count). The van der Waals surface area contributed by atoms with Gasteiger partial charge in [-0.2, -0.15) is 0 Å². The van der Waals surface area contributed by atoms with E-state index < -0.39 is 0 Å². The van der Waals surface area contributed by atoms with Gasteiger partial charge in [-0.05, 0) is 30.2 Å². The Kier molecular flexibility index (Phi) is 3.00. The first-order chi connectivity index (χ1) is 6.78. The van der Waals surface area contributed by atoms with Gasteiger partial charge >= 0.3 is 0 Å². The zero-order valence-electron chi connectivity index (χ0n) is 7.87. The van der Waals surface area contributed by atoms with Crippen molar-refractivity contribution in [3.05, 3.63) is 29.0 Å². The summed E-state index contributed by atoms with van der Waals surface area (Å²) in [6.07, 6.45) is 5.84. The van der Waals surface area contributed by atoms with Crippen LogP contribution in [0.4, 0.5) is 0 Å². The number of aromatic nitrogens is 1. The molecule has 76 valence electrons. The van der Waals surface area contributed by atoms with E-state index in [4.69, 9.17) is 17.3 Å². The van der Waals surface area contributed by atoms with Crippen molar-refractivity contribution in [1.29, 1.82) is 0 Å². The van der Waals surface area contributed by atoms with Gasteiger partial charge in [0.2, 0.25) is 0 Å². The third-order valence-electron chi connectivity index (χ3n) is 2.70. The summed E-state index contributed by atoms with van der Waals surface area (Å²) in [5.74, 6) is 1.18. The molecule has 1 aliphatic heterocycles. The molecular weight excluding hydrogens is 216 g/mol. The van der Waals surface area contributed by atoms with Crippen LogP contribution in [0.1, 0.15) is 18.4 Å². The number of hydrogen-bond donors (Lipinski definition) is 1. The van der Waals surface area contributed by atoms with E-state index in [-0.39, 0.29) is 4.75 Å². The van der Waals surface area contributed by atoms with Crippen LogP contribution in [-0.4, -0.2) is 17.3 Å². The molecule has 2 nitrogen and oxygen atoms in total. The van der Waals surface area contributed by atoms with Gasteiger partial charge in [-0.15, -0.1) is 11.8 Å². The summed E-state index contributed by atoms with van der Waals surface area (Å²) in [4.78, 5) is 4.00. The van der Waals surface area contributed by atoms with E-state index in [0.29, 0.717) is 6.54 Å². The Hall–Kier alpha value is -0.250. The van der Waals surface area contributed by atoms with Crippen LogP contribution in [-0.2, 0) is 4.75 Å². The van der Waals surface area contributed by atoms with E-state index in [1.807, 2.05) is 17.8 Å². The zero-order valence-corrected chi connectivity index (χ0v) is 9.44. The maximum absolute atomic E-state index is 6.14. The second-order valence-electron chi connectivity index (χ2n) is 3.51. The number of rotatable bonds is 2. The molecule has 0 aliphatic carbocycles. The summed E-state index contributed by atoms with van der Waals surface area (Å²) in [7, 11) is 0. The normalized spacial score (nSPS) is 26.7. The van der Waals surface area contributed by atoms with Gasteiger partial charge in [0.25, 0.3) is 0 Å². The molecule has 0 bridgehead atoms. The number of halogens is 1. The molecule has 1 unspecified atom stereocenters. The van der Waals surface area contributed by atoms with Gasteiger partial charge < -0.3 is 5.73 Å². The Balaban J connectivity index is 2.41. The lowest BCUT2D eigenvalue weighted by Gasteiger charge is -2.27. The second-order valence-corrected chi connectivity index (χ2v) is 5.39. The summed E-state index contributed by atoms with van der Waals surface area (Å²) < 4.78 is 0.0417. The predicted octanol–water partition coefficient (Wildman–Crippen LogP) is 2.42. The Bertz CT molecular complexity index is 324. The Morgan fingerprint density at radius 1 is 1.64 bits per heavy atom. The molecule has 1 aromatic heterocycles. The van der Waals surface area contributed by atoms with Crippen molar-refractivity contribution in [3.8, 4) is 0 Å². The van der Waals surface area contributed by atoms with Crippen LogP contribution >= 0.6 is 23.4 Å². The van der Waals surface area contributed by atoms with Gasteiger partial charge in [-0.25, -0.2) is 0 Å². The molecular formula is C10H13ClN2S. The maximum Gasteiger partial charge on any atom is 0.0635 e. The minimum absolute atomic E-state index is 0.0417. The summed E-state index contributed by atoms with van der Waals surface area (Å²) in [6, 6.07) is 1.99. The van der Waals surface area contributed by atoms with Crippen LogP contribution in [0, 0.1) is 0 Å². The predicted molar refractivity (Wildman–Crippen MR) is 61.7 cm³/mol. The number of hydrogen-bond acceptors (Lipinski definition) is 3. The van der Waals surface area contributed by atoms with E-state index in [1.165, 1.54) is 12.2 Å². The van der Waals surface area contributed by atoms with E-state index in [2.05, 4.69) is 4.98 Å². The molecule has 14 heavy (non-hydrogen) atoms. The quantitative estimate of drug-likeness (QED) is 0.845. The summed E-state index contributed by atoms with van der Waals surface area (Å²) in [5.41, 5.74) is 7.02. The van der Waals surface area contributed by atoms with E-state index in [9.17, 15) is 0 Å². The molecule has 1 atom stereocenters. The minimum atomic E-state index is 0.0417. The third-order valence-corrected chi connectivity index (χ3v) is 4.63. The number of nitrogens with two attached hydrogens (primary N) is 1. The largest absolute Gasteiger partial charge is 0.329 e. The van der Waals surface area contributed by atoms with Crippen molar-refractivity contribution in [1.82, 2.24) is 4.98 Å². The Morgan fingerprint density at radius 2 is 2.50 bits per heavy atom. The van der Waals surface area contributed by atoms with Gasteiger partial charge in [-0.3, -0.25) is 4.98 Å². The van der Waals surface area contributed by atoms with Crippen molar-refractivity contribution in [2.45, 2.75) is 17.6 Å². The smallest absolute Gasteiger partial charge is 0.0635 e. The maximum atomic E-state index is 6.14. The van der Waals surface area contributed by atoms with Crippen molar-refractivity contribution in [2.24, 2.45) is 5.73 Å². The molecule has 1 aliphatic rings. The first kappa shape index (κ1) is 10.3. The standard InChI is InChI=1S/C10H13ClN2S/c11-9-6-13-4-2-8(9)10(7-12)3-1-5-14-10/h2,4,6H,1,3,5,7,12H2. The third kappa shape index (κ3) is 1.64. The van der Waals surface area contributed by atoms with Gasteiger partial charge in [0.1, 0.15) is 0 Å². The van der Waals surface area contributed by atoms with Crippen LogP contribution in [0.3, 0.4) is 0 Å². The fraction of sp³-hybridized carbons (Fsp3) is 0.500. The van der Waals surface area contributed by atoms with Gasteiger partial charge in [0.05, 0.1) is 9.77 Å². The van der Waals surface area contributed by atoms with E-state index in [1.54, 1.807) is 12.4 Å². The van der Waals surface area contributed by atoms with Crippen molar-refractivity contribution >= 4 is 23.4 Å². The van der Waals surface area contributed by atoms with Crippen molar-refractivity contribution in [3.63, 3.8) is 0 Å². The number of pyridine rings is 1. The zero-order chi connectivity index (χ0) is 10.0. The van der Waals surface area contributed by atoms with Crippen LogP contribution in [0.5, 0.6) is 0 Å². The highest BCUT2D eigenvalue weighted by Gasteiger charge is 2.36. The highest BCUT2D eigenvalue weighted by atomic mass is 35.5. The summed E-state index contributed by atoms with van der Waals surface area (Å²) in [5, 5.41) is 0.743. The lowest BCUT2D eigenvalue weighted by molar-refractivity contribution is 0.599. The molecule has 2 heterocycles. The topological polar surface area (TPSA) is 38.9 Å². The molecule has 2 N–H and O–H groups in total. The molecule has 0 saturated carbocycles. The Morgan fingerprint density at radius 3 is 3.07 bits per heavy atom. The number of nitrogens with zero attached hydrogens (tertiary/aromatic N) is 1. The van der Waals surface area contributed by atoms with E-state index >= 15 is 0 Å². The summed E-state index contributed by atoms with van der Waals surface area (Å²) in [6.45, 7) is 0.654. The number of thioether (sulfide) groups is 1. The minimum Gasteiger partial charge on any atom is -0.329 e. The summed E-state index contributed by atoms with van der Waals surface area (Å²) >= 11 is 8.06. The molecule has 1 aromatic rings. The Labute approximate surface area is 93.2 Å². The molecule has 1 saturated heterocycles. The SMILES string of the molecule is NCC1(c2ccncc2Cl)CCCS1. The molecule has 0 amide bonds. The van der Waals surface area contributed by atoms with E-state index in [0.717, 1.165) is 17.0 Å². The van der Waals surface area contributed by atoms with Crippen LogP contribution < -0.4 is 5.73 Å². The van der Waals surface area contributed by atoms with Crippen molar-refractivity contribution in [2.75, 3.05) is 12.3 Å². The lowest BCUT2D eigenvalue weighted by Crippen LogP contribution is -2.29. The fourth-order valence-electron chi connectivity index (χ4n) is 1.93. The molecule has 0 radical (unpaired) electrons. The highest BCUT2D eigenvalue weighted by molar-refractivity contribution is 8.00. The van der Waals surface area contributed by atoms with Gasteiger partial charge in [0, 0.05) is 18.9 Å². The molecule has 0 spiro atoms. The van der Waals surface area contributed by atoms with Gasteiger partial charge in [0.15, 0.2) is 0 Å².